The van der Waals surface area contributed by atoms with Crippen molar-refractivity contribution in [1.29, 1.82) is 5.26 Å². The number of nitriles is 1. The van der Waals surface area contributed by atoms with Crippen LogP contribution in [0.4, 0.5) is 5.69 Å². The summed E-state index contributed by atoms with van der Waals surface area (Å²) in [5.74, 6) is 0.463. The molecule has 0 spiro atoms. The minimum atomic E-state index is 0.306. The Labute approximate surface area is 102 Å². The van der Waals surface area contributed by atoms with Crippen LogP contribution in [0.25, 0.3) is 0 Å². The molecule has 3 nitrogen and oxygen atoms in total. The zero-order valence-electron chi connectivity index (χ0n) is 10.2. The molecule has 1 aliphatic rings. The van der Waals surface area contributed by atoms with Crippen LogP contribution in [0.3, 0.4) is 0 Å². The molecule has 1 aromatic carbocycles. The lowest BCUT2D eigenvalue weighted by atomic mass is 9.97. The van der Waals surface area contributed by atoms with Crippen LogP contribution in [0.1, 0.15) is 24.0 Å². The summed E-state index contributed by atoms with van der Waals surface area (Å²) in [6.45, 7) is 4.35. The zero-order chi connectivity index (χ0) is 12.3. The van der Waals surface area contributed by atoms with Gasteiger partial charge in [0, 0.05) is 25.4 Å². The van der Waals surface area contributed by atoms with Crippen molar-refractivity contribution in [2.75, 3.05) is 24.6 Å². The average Bonchev–Trinajstić information content (AvgIpc) is 2.39. The molecule has 1 aromatic rings. The van der Waals surface area contributed by atoms with Crippen molar-refractivity contribution >= 4 is 5.69 Å². The van der Waals surface area contributed by atoms with Crippen molar-refractivity contribution in [2.24, 2.45) is 5.92 Å². The van der Waals surface area contributed by atoms with Crippen LogP contribution in [0.5, 0.6) is 0 Å². The van der Waals surface area contributed by atoms with Gasteiger partial charge in [-0.3, -0.25) is 0 Å². The lowest BCUT2D eigenvalue weighted by Gasteiger charge is -2.33. The van der Waals surface area contributed by atoms with E-state index in [1.807, 2.05) is 25.1 Å². The maximum atomic E-state index is 9.12. The molecule has 0 amide bonds. The summed E-state index contributed by atoms with van der Waals surface area (Å²) in [5, 5.41) is 18.0. The Kier molecular flexibility index (Phi) is 3.65. The smallest absolute Gasteiger partial charge is 0.0991 e. The fourth-order valence-corrected chi connectivity index (χ4v) is 2.44. The van der Waals surface area contributed by atoms with Crippen LogP contribution in [0.2, 0.25) is 0 Å². The van der Waals surface area contributed by atoms with Gasteiger partial charge in [0.2, 0.25) is 0 Å². The van der Waals surface area contributed by atoms with Crippen LogP contribution in [-0.4, -0.2) is 24.8 Å². The molecule has 2 rings (SSSR count). The van der Waals surface area contributed by atoms with E-state index in [2.05, 4.69) is 11.0 Å². The minimum Gasteiger partial charge on any atom is -0.396 e. The summed E-state index contributed by atoms with van der Waals surface area (Å²) in [4.78, 5) is 2.35. The van der Waals surface area contributed by atoms with Crippen LogP contribution in [0, 0.1) is 24.2 Å². The molecule has 1 aliphatic heterocycles. The van der Waals surface area contributed by atoms with Crippen molar-refractivity contribution < 1.29 is 5.11 Å². The molecular formula is C14H18N2O. The molecule has 17 heavy (non-hydrogen) atoms. The number of benzene rings is 1. The molecule has 1 fully saturated rings. The first-order valence-electron chi connectivity index (χ1n) is 6.11. The molecule has 0 atom stereocenters. The molecule has 0 unspecified atom stereocenters. The van der Waals surface area contributed by atoms with Gasteiger partial charge in [-0.05, 0) is 49.4 Å². The van der Waals surface area contributed by atoms with E-state index in [0.717, 1.165) is 37.1 Å². The first kappa shape index (κ1) is 11.9. The van der Waals surface area contributed by atoms with E-state index in [1.165, 1.54) is 5.69 Å². The van der Waals surface area contributed by atoms with Crippen molar-refractivity contribution in [2.45, 2.75) is 19.8 Å². The number of aliphatic hydroxyl groups excluding tert-OH is 1. The molecule has 1 heterocycles. The van der Waals surface area contributed by atoms with Crippen molar-refractivity contribution in [1.82, 2.24) is 0 Å². The van der Waals surface area contributed by atoms with E-state index in [0.29, 0.717) is 12.5 Å². The monoisotopic (exact) mass is 230 g/mol. The number of hydrogen-bond donors (Lipinski definition) is 1. The molecule has 0 bridgehead atoms. The third kappa shape index (κ3) is 2.59. The highest BCUT2D eigenvalue weighted by Crippen LogP contribution is 2.26. The first-order valence-corrected chi connectivity index (χ1v) is 6.11. The standard InChI is InChI=1S/C14H18N2O/c1-11-8-13(9-15)2-3-14(11)16-6-4-12(10-17)5-7-16/h2-3,8,12,17H,4-7,10H2,1H3. The lowest BCUT2D eigenvalue weighted by molar-refractivity contribution is 0.203. The first-order chi connectivity index (χ1) is 8.24. The van der Waals surface area contributed by atoms with Gasteiger partial charge >= 0.3 is 0 Å². The van der Waals surface area contributed by atoms with E-state index in [9.17, 15) is 0 Å². The van der Waals surface area contributed by atoms with Crippen LogP contribution >= 0.6 is 0 Å². The maximum absolute atomic E-state index is 9.12. The van der Waals surface area contributed by atoms with Crippen molar-refractivity contribution in [3.05, 3.63) is 29.3 Å². The van der Waals surface area contributed by atoms with Crippen molar-refractivity contribution in [3.8, 4) is 6.07 Å². The number of rotatable bonds is 2. The molecule has 90 valence electrons. The summed E-state index contributed by atoms with van der Waals surface area (Å²) in [5.41, 5.74) is 3.10. The van der Waals surface area contributed by atoms with Crippen molar-refractivity contribution in [3.63, 3.8) is 0 Å². The Balaban J connectivity index is 2.11. The molecule has 0 aliphatic carbocycles. The van der Waals surface area contributed by atoms with Gasteiger partial charge in [0.1, 0.15) is 0 Å². The number of nitrogens with zero attached hydrogens (tertiary/aromatic N) is 2. The second-order valence-electron chi connectivity index (χ2n) is 4.73. The summed E-state index contributed by atoms with van der Waals surface area (Å²) in [7, 11) is 0. The molecule has 0 radical (unpaired) electrons. The Bertz CT molecular complexity index is 428. The predicted molar refractivity (Wildman–Crippen MR) is 67.9 cm³/mol. The van der Waals surface area contributed by atoms with E-state index >= 15 is 0 Å². The highest BCUT2D eigenvalue weighted by molar-refractivity contribution is 5.56. The second-order valence-corrected chi connectivity index (χ2v) is 4.73. The minimum absolute atomic E-state index is 0.306. The van der Waals surface area contributed by atoms with Gasteiger partial charge in [-0.1, -0.05) is 0 Å². The highest BCUT2D eigenvalue weighted by Gasteiger charge is 2.19. The van der Waals surface area contributed by atoms with E-state index in [4.69, 9.17) is 10.4 Å². The molecule has 3 heteroatoms. The number of piperidine rings is 1. The van der Waals surface area contributed by atoms with Crippen LogP contribution in [0.15, 0.2) is 18.2 Å². The van der Waals surface area contributed by atoms with E-state index in [1.54, 1.807) is 0 Å². The number of hydrogen-bond acceptors (Lipinski definition) is 3. The molecule has 1 N–H and O–H groups in total. The van der Waals surface area contributed by atoms with Gasteiger partial charge in [-0.2, -0.15) is 5.26 Å². The lowest BCUT2D eigenvalue weighted by Crippen LogP contribution is -2.35. The Morgan fingerprint density at radius 1 is 1.41 bits per heavy atom. The SMILES string of the molecule is Cc1cc(C#N)ccc1N1CCC(CO)CC1. The largest absolute Gasteiger partial charge is 0.396 e. The van der Waals surface area contributed by atoms with Gasteiger partial charge in [0.25, 0.3) is 0 Å². The summed E-state index contributed by atoms with van der Waals surface area (Å²) < 4.78 is 0. The second kappa shape index (κ2) is 5.20. The van der Waals surface area contributed by atoms with E-state index < -0.39 is 0 Å². The number of aryl methyl sites for hydroxylation is 1. The molecule has 0 aromatic heterocycles. The van der Waals surface area contributed by atoms with E-state index in [-0.39, 0.29) is 0 Å². The normalized spacial score (nSPS) is 16.9. The number of anilines is 1. The molecule has 1 saturated heterocycles. The predicted octanol–water partition coefficient (Wildman–Crippen LogP) is 2.08. The van der Waals surface area contributed by atoms with Crippen LogP contribution < -0.4 is 4.90 Å². The third-order valence-corrected chi connectivity index (χ3v) is 3.54. The van der Waals surface area contributed by atoms with Gasteiger partial charge in [-0.25, -0.2) is 0 Å². The van der Waals surface area contributed by atoms with Gasteiger partial charge in [0.05, 0.1) is 11.6 Å². The molecular weight excluding hydrogens is 212 g/mol. The average molecular weight is 230 g/mol. The van der Waals surface area contributed by atoms with Gasteiger partial charge < -0.3 is 10.0 Å². The topological polar surface area (TPSA) is 47.3 Å². The van der Waals surface area contributed by atoms with Gasteiger partial charge in [-0.15, -0.1) is 0 Å². The summed E-state index contributed by atoms with van der Waals surface area (Å²) >= 11 is 0. The summed E-state index contributed by atoms with van der Waals surface area (Å²) in [6, 6.07) is 8.01. The third-order valence-electron chi connectivity index (χ3n) is 3.54. The zero-order valence-corrected chi connectivity index (χ0v) is 10.2. The number of aliphatic hydroxyl groups is 1. The Morgan fingerprint density at radius 2 is 2.12 bits per heavy atom. The Morgan fingerprint density at radius 3 is 2.65 bits per heavy atom. The quantitative estimate of drug-likeness (QED) is 0.846. The summed E-state index contributed by atoms with van der Waals surface area (Å²) in [6.07, 6.45) is 2.10. The van der Waals surface area contributed by atoms with Crippen LogP contribution in [-0.2, 0) is 0 Å². The van der Waals surface area contributed by atoms with Gasteiger partial charge in [0.15, 0.2) is 0 Å². The molecule has 0 saturated carbocycles. The highest BCUT2D eigenvalue weighted by atomic mass is 16.3. The fourth-order valence-electron chi connectivity index (χ4n) is 2.44. The fraction of sp³-hybridized carbons (Fsp3) is 0.500. The Hall–Kier alpha value is -1.53. The maximum Gasteiger partial charge on any atom is 0.0991 e.